The Bertz CT molecular complexity index is 1220. The number of rotatable bonds is 9. The van der Waals surface area contributed by atoms with Crippen LogP contribution in [0.15, 0.2) is 42.5 Å². The number of hydrogen-bond donors (Lipinski definition) is 3. The van der Waals surface area contributed by atoms with Crippen LogP contribution < -0.4 is 10.6 Å². The minimum absolute atomic E-state index is 0.0199. The zero-order valence-corrected chi connectivity index (χ0v) is 23.0. The van der Waals surface area contributed by atoms with E-state index in [9.17, 15) is 19.5 Å². The number of halogens is 1. The number of amides is 2. The van der Waals surface area contributed by atoms with Gasteiger partial charge in [-0.05, 0) is 69.7 Å². The van der Waals surface area contributed by atoms with Gasteiger partial charge in [-0.3, -0.25) is 14.4 Å². The highest BCUT2D eigenvalue weighted by molar-refractivity contribution is 6.00. The van der Waals surface area contributed by atoms with Crippen molar-refractivity contribution in [3.05, 3.63) is 65.0 Å². The molecule has 0 unspecified atom stereocenters. The fraction of sp³-hybridized carbons (Fsp3) is 0.500. The summed E-state index contributed by atoms with van der Waals surface area (Å²) in [6.45, 7) is 3.86. The Labute approximate surface area is 229 Å². The van der Waals surface area contributed by atoms with E-state index in [2.05, 4.69) is 15.5 Å². The van der Waals surface area contributed by atoms with Crippen LogP contribution in [0.5, 0.6) is 5.75 Å². The molecule has 2 amide bonds. The molecule has 0 radical (unpaired) electrons. The number of carbonyl (C=O) groups is 3. The Hall–Kier alpha value is -3.30. The number of phenols is 1. The summed E-state index contributed by atoms with van der Waals surface area (Å²) in [5.74, 6) is -2.33. The Balaban J connectivity index is 1.85. The highest BCUT2D eigenvalue weighted by atomic mass is 19.1. The average molecular weight is 539 g/mol. The Kier molecular flexibility index (Phi) is 9.02. The van der Waals surface area contributed by atoms with E-state index in [4.69, 9.17) is 0 Å². The van der Waals surface area contributed by atoms with E-state index >= 15 is 4.39 Å². The Morgan fingerprint density at radius 3 is 2.67 bits per heavy atom. The van der Waals surface area contributed by atoms with Gasteiger partial charge in [0, 0.05) is 43.6 Å². The van der Waals surface area contributed by atoms with Gasteiger partial charge in [0.2, 0.25) is 11.8 Å². The lowest BCUT2D eigenvalue weighted by molar-refractivity contribution is -0.150. The topological polar surface area (TPSA) is 102 Å². The standard InChI is InChI=1S/C30H39FN4O4/c1-20-23(10-7-11-25(20)31)27-24(28(38)21-8-6-9-22(36)16-21)17-32-19-30(27,12-4-5-14-34(2)3)29(39)35-15-13-33-26(37)18-35/h6-11,16,24,27,32,36H,4-5,12-15,17-19H2,1-3H3,(H,33,37)/t24-,27-,30+/m0/s1. The van der Waals surface area contributed by atoms with Gasteiger partial charge in [-0.25, -0.2) is 4.39 Å². The van der Waals surface area contributed by atoms with Crippen molar-refractivity contribution in [3.63, 3.8) is 0 Å². The highest BCUT2D eigenvalue weighted by Gasteiger charge is 2.55. The van der Waals surface area contributed by atoms with E-state index in [0.717, 1.165) is 19.4 Å². The molecule has 4 rings (SSSR count). The molecule has 2 heterocycles. The normalized spacial score (nSPS) is 23.5. The van der Waals surface area contributed by atoms with E-state index in [1.165, 1.54) is 18.2 Å². The number of benzene rings is 2. The predicted molar refractivity (Wildman–Crippen MR) is 147 cm³/mol. The summed E-state index contributed by atoms with van der Waals surface area (Å²) in [6, 6.07) is 11.1. The third-order valence-electron chi connectivity index (χ3n) is 8.14. The first-order chi connectivity index (χ1) is 18.6. The first-order valence-corrected chi connectivity index (χ1v) is 13.6. The Morgan fingerprint density at radius 1 is 1.18 bits per heavy atom. The summed E-state index contributed by atoms with van der Waals surface area (Å²) in [7, 11) is 4.00. The van der Waals surface area contributed by atoms with Crippen molar-refractivity contribution in [2.24, 2.45) is 11.3 Å². The van der Waals surface area contributed by atoms with Crippen LogP contribution in [0, 0.1) is 24.1 Å². The molecular weight excluding hydrogens is 499 g/mol. The zero-order valence-electron chi connectivity index (χ0n) is 23.0. The summed E-state index contributed by atoms with van der Waals surface area (Å²) in [6.07, 6.45) is 2.06. The van der Waals surface area contributed by atoms with Crippen molar-refractivity contribution < 1.29 is 23.9 Å². The van der Waals surface area contributed by atoms with E-state index in [1.807, 2.05) is 20.2 Å². The van der Waals surface area contributed by atoms with Gasteiger partial charge in [0.1, 0.15) is 11.6 Å². The smallest absolute Gasteiger partial charge is 0.239 e. The SMILES string of the molecule is Cc1c(F)cccc1[C@H]1[C@@H](C(=O)c2cccc(O)c2)CNC[C@@]1(CCCCN(C)C)C(=O)N1CCNC(=O)C1. The number of piperidine rings is 1. The molecule has 0 aliphatic carbocycles. The molecule has 3 N–H and O–H groups in total. The largest absolute Gasteiger partial charge is 0.508 e. The van der Waals surface area contributed by atoms with Crippen molar-refractivity contribution >= 4 is 17.6 Å². The molecule has 3 atom stereocenters. The van der Waals surface area contributed by atoms with Crippen LogP contribution in [0.1, 0.15) is 46.7 Å². The minimum atomic E-state index is -1.07. The molecule has 2 saturated heterocycles. The molecule has 2 aromatic rings. The van der Waals surface area contributed by atoms with Crippen molar-refractivity contribution in [1.82, 2.24) is 20.4 Å². The van der Waals surface area contributed by atoms with Gasteiger partial charge in [0.25, 0.3) is 0 Å². The monoisotopic (exact) mass is 538 g/mol. The predicted octanol–water partition coefficient (Wildman–Crippen LogP) is 2.70. The first kappa shape index (κ1) is 28.7. The molecule has 39 heavy (non-hydrogen) atoms. The fourth-order valence-electron chi connectivity index (χ4n) is 6.21. The molecule has 0 saturated carbocycles. The quantitative estimate of drug-likeness (QED) is 0.335. The van der Waals surface area contributed by atoms with Crippen LogP contribution in [0.2, 0.25) is 0 Å². The minimum Gasteiger partial charge on any atom is -0.508 e. The van der Waals surface area contributed by atoms with E-state index in [1.54, 1.807) is 30.0 Å². The van der Waals surface area contributed by atoms with E-state index < -0.39 is 17.3 Å². The number of ketones is 1. The molecule has 8 nitrogen and oxygen atoms in total. The lowest BCUT2D eigenvalue weighted by Crippen LogP contribution is -2.62. The molecule has 2 aliphatic rings. The number of hydrogen-bond acceptors (Lipinski definition) is 6. The number of phenolic OH excluding ortho intramolecular Hbond substituents is 1. The fourth-order valence-corrected chi connectivity index (χ4v) is 6.21. The van der Waals surface area contributed by atoms with Crippen molar-refractivity contribution in [1.29, 1.82) is 0 Å². The van der Waals surface area contributed by atoms with Crippen molar-refractivity contribution in [2.45, 2.75) is 32.1 Å². The summed E-state index contributed by atoms with van der Waals surface area (Å²) < 4.78 is 15.0. The third-order valence-corrected chi connectivity index (χ3v) is 8.14. The average Bonchev–Trinajstić information content (AvgIpc) is 2.91. The third kappa shape index (κ3) is 6.15. The van der Waals surface area contributed by atoms with E-state index in [0.29, 0.717) is 49.3 Å². The number of unbranched alkanes of at least 4 members (excludes halogenated alkanes) is 1. The second-order valence-electron chi connectivity index (χ2n) is 11.1. The summed E-state index contributed by atoms with van der Waals surface area (Å²) in [4.78, 5) is 44.6. The van der Waals surface area contributed by atoms with Crippen LogP contribution in [0.3, 0.4) is 0 Å². The molecule has 2 fully saturated rings. The molecule has 2 aliphatic heterocycles. The number of piperazine rings is 1. The number of nitrogens with zero attached hydrogens (tertiary/aromatic N) is 2. The number of aromatic hydroxyl groups is 1. The lowest BCUT2D eigenvalue weighted by atomic mass is 9.59. The molecule has 9 heteroatoms. The van der Waals surface area contributed by atoms with Gasteiger partial charge in [-0.1, -0.05) is 30.7 Å². The molecule has 0 bridgehead atoms. The number of carbonyl (C=O) groups excluding carboxylic acids is 3. The van der Waals surface area contributed by atoms with E-state index in [-0.39, 0.29) is 35.7 Å². The molecular formula is C30H39FN4O4. The van der Waals surface area contributed by atoms with Gasteiger partial charge in [0.05, 0.1) is 12.0 Å². The van der Waals surface area contributed by atoms with Crippen molar-refractivity contribution in [3.8, 4) is 5.75 Å². The summed E-state index contributed by atoms with van der Waals surface area (Å²) >= 11 is 0. The second kappa shape index (κ2) is 12.3. The maximum absolute atomic E-state index is 15.0. The number of Topliss-reactive ketones (excluding diaryl/α,β-unsaturated/α-hetero) is 1. The van der Waals surface area contributed by atoms with Crippen molar-refractivity contribution in [2.75, 3.05) is 53.4 Å². The maximum Gasteiger partial charge on any atom is 0.239 e. The van der Waals surface area contributed by atoms with Crippen LogP contribution in [-0.2, 0) is 9.59 Å². The molecule has 2 aromatic carbocycles. The summed E-state index contributed by atoms with van der Waals surface area (Å²) in [5.41, 5.74) is 0.323. The van der Waals surface area contributed by atoms with Gasteiger partial charge in [0.15, 0.2) is 5.78 Å². The van der Waals surface area contributed by atoms with Crippen LogP contribution in [0.25, 0.3) is 0 Å². The van der Waals surface area contributed by atoms with Gasteiger partial charge in [-0.2, -0.15) is 0 Å². The van der Waals surface area contributed by atoms with Crippen LogP contribution in [0.4, 0.5) is 4.39 Å². The summed E-state index contributed by atoms with van der Waals surface area (Å²) in [5, 5.41) is 16.2. The van der Waals surface area contributed by atoms with Gasteiger partial charge < -0.3 is 25.5 Å². The maximum atomic E-state index is 15.0. The Morgan fingerprint density at radius 2 is 1.95 bits per heavy atom. The first-order valence-electron chi connectivity index (χ1n) is 13.6. The molecule has 0 spiro atoms. The molecule has 210 valence electrons. The van der Waals surface area contributed by atoms with Gasteiger partial charge >= 0.3 is 0 Å². The highest BCUT2D eigenvalue weighted by Crippen LogP contribution is 2.50. The van der Waals surface area contributed by atoms with Crippen LogP contribution >= 0.6 is 0 Å². The number of nitrogens with one attached hydrogen (secondary N) is 2. The zero-order chi connectivity index (χ0) is 28.2. The lowest BCUT2D eigenvalue weighted by Gasteiger charge is -2.50. The molecule has 0 aromatic heterocycles. The second-order valence-corrected chi connectivity index (χ2v) is 11.1. The van der Waals surface area contributed by atoms with Gasteiger partial charge in [-0.15, -0.1) is 0 Å². The van der Waals surface area contributed by atoms with Crippen LogP contribution in [-0.4, -0.2) is 85.9 Å².